The summed E-state index contributed by atoms with van der Waals surface area (Å²) in [6.45, 7) is 11.8. The van der Waals surface area contributed by atoms with Crippen LogP contribution in [-0.4, -0.2) is 62.8 Å². The third-order valence-corrected chi connectivity index (χ3v) is 12.5. The molecule has 0 bridgehead atoms. The minimum absolute atomic E-state index is 0.101. The average molecular weight is 821 g/mol. The number of oxime groups is 1. The van der Waals surface area contributed by atoms with Gasteiger partial charge in [-0.3, -0.25) is 9.27 Å². The van der Waals surface area contributed by atoms with Gasteiger partial charge in [0.05, 0.1) is 17.6 Å². The lowest BCUT2D eigenvalue weighted by molar-refractivity contribution is -0.131. The Morgan fingerprint density at radius 3 is 2.40 bits per heavy atom. The van der Waals surface area contributed by atoms with Crippen LogP contribution in [0.25, 0.3) is 5.57 Å². The number of aliphatic hydroxyl groups excluding tert-OH is 1. The number of thiol groups is 1. The quantitative estimate of drug-likeness (QED) is 0.0282. The lowest BCUT2D eigenvalue weighted by atomic mass is 9.63. The molecular weight excluding hydrogens is 761 g/mol. The summed E-state index contributed by atoms with van der Waals surface area (Å²) in [4.78, 5) is 15.4. The zero-order valence-corrected chi connectivity index (χ0v) is 36.2. The van der Waals surface area contributed by atoms with Crippen LogP contribution in [-0.2, 0) is 31.0 Å². The molecule has 3 rings (SSSR count). The number of likely N-dealkylation sites (N-methyl/N-ethyl adjacent to an activating group) is 1. The van der Waals surface area contributed by atoms with Crippen molar-refractivity contribution in [2.45, 2.75) is 98.4 Å². The van der Waals surface area contributed by atoms with E-state index in [9.17, 15) is 22.5 Å². The maximum atomic E-state index is 13.0. The highest BCUT2D eigenvalue weighted by Gasteiger charge is 2.46. The lowest BCUT2D eigenvalue weighted by Gasteiger charge is -2.47. The number of hydrogen-bond donors (Lipinski definition) is 4. The van der Waals surface area contributed by atoms with E-state index in [0.717, 1.165) is 53.2 Å². The van der Waals surface area contributed by atoms with E-state index in [2.05, 4.69) is 39.6 Å². The van der Waals surface area contributed by atoms with Crippen molar-refractivity contribution >= 4 is 39.3 Å². The third kappa shape index (κ3) is 13.8. The van der Waals surface area contributed by atoms with Crippen LogP contribution < -0.4 is 5.73 Å². The number of carboxylic acid groups (broad SMARTS) is 1. The number of carboxylic acids is 1. The SMILES string of the molecule is CC(/C=C/C1=C(c2cccnc2)CCCC1(C)CC1CC[C@@](C)(N(C)S(C)(=O)=O)C(CC/C(C)=C/C=C/C(C)=C/C(=O)O)=C1O)=C\C=C\C(C)=C\C(N)=N\O[SH]=O. The van der Waals surface area contributed by atoms with E-state index in [-0.39, 0.29) is 22.9 Å². The number of amidine groups is 1. The second-order valence-electron chi connectivity index (χ2n) is 15.6. The van der Waals surface area contributed by atoms with Gasteiger partial charge in [-0.25, -0.2) is 17.4 Å². The van der Waals surface area contributed by atoms with Crippen LogP contribution in [0.1, 0.15) is 98.5 Å². The molecule has 0 saturated heterocycles. The number of nitrogens with zero attached hydrogens (tertiary/aromatic N) is 3. The predicted molar refractivity (Wildman–Crippen MR) is 233 cm³/mol. The van der Waals surface area contributed by atoms with Crippen molar-refractivity contribution < 1.29 is 31.9 Å². The fraction of sp³-hybridized carbons (Fsp3) is 0.432. The number of nitrogens with two attached hydrogens (primary N) is 1. The van der Waals surface area contributed by atoms with Gasteiger partial charge in [0.15, 0.2) is 5.84 Å². The molecule has 11 nitrogen and oxygen atoms in total. The first-order valence-electron chi connectivity index (χ1n) is 19.1. The highest BCUT2D eigenvalue weighted by Crippen LogP contribution is 2.52. The Morgan fingerprint density at radius 1 is 1.09 bits per heavy atom. The molecule has 1 aromatic heterocycles. The fourth-order valence-corrected chi connectivity index (χ4v) is 8.83. The Bertz CT molecular complexity index is 2060. The summed E-state index contributed by atoms with van der Waals surface area (Å²) in [6, 6.07) is 4.04. The largest absolute Gasteiger partial charge is 0.512 e. The maximum absolute atomic E-state index is 13.0. The van der Waals surface area contributed by atoms with E-state index in [1.165, 1.54) is 21.7 Å². The summed E-state index contributed by atoms with van der Waals surface area (Å²) in [5, 5.41) is 24.8. The minimum Gasteiger partial charge on any atom is -0.512 e. The van der Waals surface area contributed by atoms with Gasteiger partial charge in [0.2, 0.25) is 22.0 Å². The molecule has 57 heavy (non-hydrogen) atoms. The summed E-state index contributed by atoms with van der Waals surface area (Å²) >= 11 is -0.576. The van der Waals surface area contributed by atoms with Gasteiger partial charge in [0.25, 0.3) is 0 Å². The minimum atomic E-state index is -3.58. The first-order valence-corrected chi connectivity index (χ1v) is 21.7. The van der Waals surface area contributed by atoms with E-state index in [4.69, 9.17) is 10.8 Å². The van der Waals surface area contributed by atoms with E-state index < -0.39 is 33.5 Å². The van der Waals surface area contributed by atoms with Gasteiger partial charge in [-0.2, -0.15) is 4.31 Å². The van der Waals surface area contributed by atoms with Crippen molar-refractivity contribution in [1.29, 1.82) is 0 Å². The zero-order chi connectivity index (χ0) is 42.4. The average Bonchev–Trinajstić information content (AvgIpc) is 3.13. The third-order valence-electron chi connectivity index (χ3n) is 11.0. The van der Waals surface area contributed by atoms with E-state index in [0.29, 0.717) is 37.7 Å². The molecule has 310 valence electrons. The summed E-state index contributed by atoms with van der Waals surface area (Å²) in [6.07, 6.45) is 28.9. The fourth-order valence-electron chi connectivity index (χ4n) is 7.77. The smallest absolute Gasteiger partial charge is 0.328 e. The molecule has 0 saturated carbocycles. The van der Waals surface area contributed by atoms with E-state index in [1.54, 1.807) is 32.3 Å². The Kier molecular flexibility index (Phi) is 17.4. The number of aromatic nitrogens is 1. The van der Waals surface area contributed by atoms with Crippen LogP contribution in [0.4, 0.5) is 0 Å². The van der Waals surface area contributed by atoms with Crippen molar-refractivity contribution in [3.63, 3.8) is 0 Å². The first kappa shape index (κ1) is 46.8. The van der Waals surface area contributed by atoms with E-state index in [1.807, 2.05) is 70.3 Å². The van der Waals surface area contributed by atoms with Gasteiger partial charge in [-0.15, -0.1) is 0 Å². The molecule has 4 N–H and O–H groups in total. The van der Waals surface area contributed by atoms with Gasteiger partial charge in [0, 0.05) is 31.4 Å². The molecule has 1 aromatic rings. The molecule has 0 fully saturated rings. The van der Waals surface area contributed by atoms with Gasteiger partial charge in [-0.1, -0.05) is 77.9 Å². The van der Waals surface area contributed by atoms with Crippen LogP contribution >= 0.6 is 0 Å². The Labute approximate surface area is 343 Å². The molecule has 1 heterocycles. The van der Waals surface area contributed by atoms with Gasteiger partial charge in [0.1, 0.15) is 0 Å². The second-order valence-corrected chi connectivity index (χ2v) is 17.9. The molecule has 0 amide bonds. The van der Waals surface area contributed by atoms with Crippen LogP contribution in [0.15, 0.2) is 130 Å². The Balaban J connectivity index is 2.04. The van der Waals surface area contributed by atoms with Crippen LogP contribution in [0, 0.1) is 11.3 Å². The van der Waals surface area contributed by atoms with Gasteiger partial charge < -0.3 is 15.9 Å². The number of aliphatic carboxylic acids is 1. The molecule has 0 aromatic carbocycles. The number of pyridine rings is 1. The number of sulfonamides is 1. The van der Waals surface area contributed by atoms with Crippen molar-refractivity contribution in [3.05, 3.63) is 130 Å². The number of carbonyl (C=O) groups is 1. The highest BCUT2D eigenvalue weighted by atomic mass is 32.2. The number of hydrogen-bond acceptors (Lipinski definition) is 8. The Hall–Kier alpha value is -4.59. The van der Waals surface area contributed by atoms with Crippen molar-refractivity contribution in [1.82, 2.24) is 9.29 Å². The summed E-state index contributed by atoms with van der Waals surface area (Å²) in [5.41, 5.74) is 12.3. The molecule has 0 radical (unpaired) electrons. The zero-order valence-electron chi connectivity index (χ0n) is 34.5. The Morgan fingerprint density at radius 2 is 1.77 bits per heavy atom. The highest BCUT2D eigenvalue weighted by molar-refractivity contribution is 7.88. The molecule has 0 aliphatic heterocycles. The first-order chi connectivity index (χ1) is 26.8. The number of rotatable bonds is 18. The predicted octanol–water partition coefficient (Wildman–Crippen LogP) is 8.76. The normalized spacial score (nSPS) is 23.8. The maximum Gasteiger partial charge on any atom is 0.328 e. The number of aliphatic hydroxyl groups is 1. The van der Waals surface area contributed by atoms with Crippen LogP contribution in [0.2, 0.25) is 0 Å². The van der Waals surface area contributed by atoms with Crippen molar-refractivity contribution in [3.8, 4) is 0 Å². The summed E-state index contributed by atoms with van der Waals surface area (Å²) < 4.78 is 42.3. The molecule has 0 spiro atoms. The monoisotopic (exact) mass is 820 g/mol. The lowest BCUT2D eigenvalue weighted by Crippen LogP contribution is -2.51. The molecule has 3 atom stereocenters. The molecule has 2 unspecified atom stereocenters. The van der Waals surface area contributed by atoms with Gasteiger partial charge in [-0.05, 0) is 137 Å². The van der Waals surface area contributed by atoms with E-state index >= 15 is 0 Å². The molecular formula is C44H60N4O7S2. The van der Waals surface area contributed by atoms with Crippen molar-refractivity contribution in [2.75, 3.05) is 13.3 Å². The molecule has 2 aliphatic carbocycles. The van der Waals surface area contributed by atoms with Crippen LogP contribution in [0.5, 0.6) is 0 Å². The van der Waals surface area contributed by atoms with Crippen LogP contribution in [0.3, 0.4) is 0 Å². The topological polar surface area (TPSA) is 172 Å². The second kappa shape index (κ2) is 21.2. The summed E-state index contributed by atoms with van der Waals surface area (Å²) in [7, 11) is -1.99. The molecule has 13 heteroatoms. The number of allylic oxidation sites excluding steroid dienone is 15. The summed E-state index contributed by atoms with van der Waals surface area (Å²) in [5.74, 6) is -0.811. The standard InChI is InChI=1S/C44H60N4O7S2/c1-31(13-9-15-33(3)27-40(45)47-55-56-52)19-21-38-37(36-17-12-26-46-30-36)18-11-24-43(38,5)29-35-23-25-44(6,48(7)57(8,53)54)39(42(35)51)22-20-32(2)14-10-16-34(4)28-41(49)50/h9-10,12-17,19,21,26-28,30,35,51,56H,11,18,20,22-25,29H2,1-8H3,(H2,45,47)(H,49,50)/b15-9+,16-10+,21-19+,31-13+,32-14+,33-27+,34-28+/t35?,43?,44-/m1/s1. The molecule has 2 aliphatic rings. The van der Waals surface area contributed by atoms with Crippen molar-refractivity contribution in [2.24, 2.45) is 22.2 Å². The van der Waals surface area contributed by atoms with Gasteiger partial charge >= 0.3 is 5.97 Å².